The van der Waals surface area contributed by atoms with Gasteiger partial charge < -0.3 is 0 Å². The number of nitrogens with zero attached hydrogens (tertiary/aromatic N) is 1. The van der Waals surface area contributed by atoms with Crippen LogP contribution in [0.15, 0.2) is 16.3 Å². The first-order chi connectivity index (χ1) is 6.06. The van der Waals surface area contributed by atoms with Gasteiger partial charge in [-0.2, -0.15) is 5.26 Å². The summed E-state index contributed by atoms with van der Waals surface area (Å²) in [5.41, 5.74) is 0. The molecule has 0 saturated heterocycles. The van der Waals surface area contributed by atoms with Crippen molar-refractivity contribution in [3.63, 3.8) is 0 Å². The molecule has 0 aliphatic heterocycles. The van der Waals surface area contributed by atoms with Crippen LogP contribution in [0.5, 0.6) is 0 Å². The molecule has 3 nitrogen and oxygen atoms in total. The molecule has 1 aromatic heterocycles. The molecule has 1 aromatic rings. The number of hydrogen-bond acceptors (Lipinski definition) is 4. The van der Waals surface area contributed by atoms with Crippen LogP contribution in [0.1, 0.15) is 6.42 Å². The molecule has 0 aromatic carbocycles. The van der Waals surface area contributed by atoms with Gasteiger partial charge in [0.05, 0.1) is 16.2 Å². The predicted molar refractivity (Wildman–Crippen MR) is 51.6 cm³/mol. The number of nitriles is 1. The molecule has 0 fully saturated rings. The molecule has 13 heavy (non-hydrogen) atoms. The van der Waals surface area contributed by atoms with Gasteiger partial charge in [-0.05, 0) is 12.1 Å². The highest BCUT2D eigenvalue weighted by Gasteiger charge is 2.15. The smallest absolute Gasteiger partial charge is 0.188 e. The van der Waals surface area contributed by atoms with Crippen molar-refractivity contribution in [3.05, 3.63) is 16.5 Å². The second kappa shape index (κ2) is 4.09. The second-order valence-electron chi connectivity index (χ2n) is 2.29. The monoisotopic (exact) mass is 235 g/mol. The topological polar surface area (TPSA) is 57.9 Å². The van der Waals surface area contributed by atoms with Crippen molar-refractivity contribution in [1.82, 2.24) is 0 Å². The number of thiophene rings is 1. The van der Waals surface area contributed by atoms with E-state index in [0.717, 1.165) is 11.3 Å². The summed E-state index contributed by atoms with van der Waals surface area (Å²) >= 11 is 6.60. The van der Waals surface area contributed by atoms with Crippen molar-refractivity contribution >= 4 is 32.8 Å². The molecule has 1 heterocycles. The number of hydrogen-bond donors (Lipinski definition) is 0. The number of halogens is 1. The fourth-order valence-electron chi connectivity index (χ4n) is 0.745. The van der Waals surface area contributed by atoms with Gasteiger partial charge in [0, 0.05) is 6.42 Å². The molecule has 0 bridgehead atoms. The molecule has 0 unspecified atom stereocenters. The quantitative estimate of drug-likeness (QED) is 0.806. The lowest BCUT2D eigenvalue weighted by Crippen LogP contribution is -2.03. The Kier molecular flexibility index (Phi) is 3.31. The van der Waals surface area contributed by atoms with Crippen LogP contribution >= 0.6 is 22.9 Å². The largest absolute Gasteiger partial charge is 0.223 e. The van der Waals surface area contributed by atoms with Crippen LogP contribution in [0.3, 0.4) is 0 Å². The molecule has 0 N–H and O–H groups in total. The van der Waals surface area contributed by atoms with Crippen molar-refractivity contribution in [2.24, 2.45) is 0 Å². The van der Waals surface area contributed by atoms with Crippen molar-refractivity contribution in [1.29, 1.82) is 5.26 Å². The van der Waals surface area contributed by atoms with Crippen LogP contribution in [0.2, 0.25) is 4.34 Å². The fraction of sp³-hybridized carbons (Fsp3) is 0.286. The zero-order valence-electron chi connectivity index (χ0n) is 6.53. The van der Waals surface area contributed by atoms with E-state index < -0.39 is 9.84 Å². The minimum atomic E-state index is -3.29. The third-order valence-electron chi connectivity index (χ3n) is 1.34. The van der Waals surface area contributed by atoms with Gasteiger partial charge in [-0.15, -0.1) is 11.3 Å². The van der Waals surface area contributed by atoms with Crippen LogP contribution in [-0.4, -0.2) is 14.2 Å². The third-order valence-corrected chi connectivity index (χ3v) is 4.87. The lowest BCUT2D eigenvalue weighted by molar-refractivity contribution is 0.598. The maximum absolute atomic E-state index is 11.4. The van der Waals surface area contributed by atoms with Crippen molar-refractivity contribution < 1.29 is 8.42 Å². The Morgan fingerprint density at radius 2 is 2.23 bits per heavy atom. The molecule has 0 amide bonds. The second-order valence-corrected chi connectivity index (χ2v) is 6.34. The van der Waals surface area contributed by atoms with Crippen molar-refractivity contribution in [2.75, 3.05) is 5.75 Å². The van der Waals surface area contributed by atoms with Gasteiger partial charge in [0.25, 0.3) is 0 Å². The van der Waals surface area contributed by atoms with E-state index in [9.17, 15) is 8.42 Å². The highest BCUT2D eigenvalue weighted by atomic mass is 35.5. The Hall–Kier alpha value is -0.570. The van der Waals surface area contributed by atoms with E-state index in [4.69, 9.17) is 16.9 Å². The van der Waals surface area contributed by atoms with E-state index in [-0.39, 0.29) is 16.4 Å². The predicted octanol–water partition coefficient (Wildman–Crippen LogP) is 2.09. The normalized spacial score (nSPS) is 11.1. The Bertz CT molecular complexity index is 430. The lowest BCUT2D eigenvalue weighted by Gasteiger charge is -1.95. The van der Waals surface area contributed by atoms with E-state index in [1.807, 2.05) is 0 Å². The molecular weight excluding hydrogens is 230 g/mol. The van der Waals surface area contributed by atoms with Crippen LogP contribution in [0.4, 0.5) is 0 Å². The van der Waals surface area contributed by atoms with Gasteiger partial charge >= 0.3 is 0 Å². The van der Waals surface area contributed by atoms with Gasteiger partial charge in [-0.3, -0.25) is 0 Å². The van der Waals surface area contributed by atoms with Gasteiger partial charge in [-0.25, -0.2) is 8.42 Å². The first kappa shape index (κ1) is 10.5. The average molecular weight is 236 g/mol. The van der Waals surface area contributed by atoms with Crippen LogP contribution < -0.4 is 0 Å². The molecular formula is C7H6ClNO2S2. The summed E-state index contributed by atoms with van der Waals surface area (Å²) in [6.45, 7) is 0. The summed E-state index contributed by atoms with van der Waals surface area (Å²) in [6, 6.07) is 4.78. The number of rotatable bonds is 3. The average Bonchev–Trinajstić information content (AvgIpc) is 2.49. The van der Waals surface area contributed by atoms with E-state index in [1.165, 1.54) is 12.1 Å². The van der Waals surface area contributed by atoms with E-state index in [0.29, 0.717) is 4.34 Å². The third kappa shape index (κ3) is 2.69. The minimum Gasteiger partial charge on any atom is -0.223 e. The molecule has 0 atom stereocenters. The maximum atomic E-state index is 11.4. The summed E-state index contributed by atoms with van der Waals surface area (Å²) in [6.07, 6.45) is 0.0118. The molecule has 6 heteroatoms. The van der Waals surface area contributed by atoms with Crippen LogP contribution in [0.25, 0.3) is 0 Å². The molecule has 1 rings (SSSR count). The molecule has 0 aliphatic carbocycles. The summed E-state index contributed by atoms with van der Waals surface area (Å²) in [7, 11) is -3.29. The molecule has 70 valence electrons. The summed E-state index contributed by atoms with van der Waals surface area (Å²) in [4.78, 5) is 0. The summed E-state index contributed by atoms with van der Waals surface area (Å²) in [5, 5.41) is 8.24. The van der Waals surface area contributed by atoms with E-state index in [2.05, 4.69) is 0 Å². The van der Waals surface area contributed by atoms with E-state index >= 15 is 0 Å². The highest BCUT2D eigenvalue weighted by molar-refractivity contribution is 7.93. The molecule has 0 radical (unpaired) electrons. The van der Waals surface area contributed by atoms with Crippen molar-refractivity contribution in [2.45, 2.75) is 10.6 Å². The van der Waals surface area contributed by atoms with Crippen molar-refractivity contribution in [3.8, 4) is 6.07 Å². The van der Waals surface area contributed by atoms with Gasteiger partial charge in [-0.1, -0.05) is 11.6 Å². The Morgan fingerprint density at radius 1 is 1.54 bits per heavy atom. The zero-order valence-corrected chi connectivity index (χ0v) is 8.92. The Balaban J connectivity index is 2.89. The van der Waals surface area contributed by atoms with Gasteiger partial charge in [0.1, 0.15) is 4.21 Å². The van der Waals surface area contributed by atoms with Gasteiger partial charge in [0.2, 0.25) is 0 Å². The zero-order chi connectivity index (χ0) is 9.90. The summed E-state index contributed by atoms with van der Waals surface area (Å²) < 4.78 is 23.5. The Labute approximate surface area is 85.5 Å². The fourth-order valence-corrected chi connectivity index (χ4v) is 3.52. The van der Waals surface area contributed by atoms with Crippen LogP contribution in [0, 0.1) is 11.3 Å². The molecule has 0 aliphatic rings. The first-order valence-corrected chi connectivity index (χ1v) is 6.26. The van der Waals surface area contributed by atoms with E-state index in [1.54, 1.807) is 6.07 Å². The standard InChI is InChI=1S/C7H6ClNO2S2/c8-6-2-3-7(12-6)13(10,11)5-1-4-9/h2-3H,1,5H2. The van der Waals surface area contributed by atoms with Gasteiger partial charge in [0.15, 0.2) is 9.84 Å². The van der Waals surface area contributed by atoms with Crippen LogP contribution in [-0.2, 0) is 9.84 Å². The number of sulfone groups is 1. The lowest BCUT2D eigenvalue weighted by atomic mass is 10.6. The first-order valence-electron chi connectivity index (χ1n) is 3.41. The molecule has 0 spiro atoms. The Morgan fingerprint density at radius 3 is 2.69 bits per heavy atom. The summed E-state index contributed by atoms with van der Waals surface area (Å²) in [5.74, 6) is -0.139. The maximum Gasteiger partial charge on any atom is 0.188 e. The SMILES string of the molecule is N#CCCS(=O)(=O)c1ccc(Cl)s1. The minimum absolute atomic E-state index is 0.0118. The highest BCUT2D eigenvalue weighted by Crippen LogP contribution is 2.26. The molecule has 0 saturated carbocycles.